The predicted octanol–water partition coefficient (Wildman–Crippen LogP) is 3.63. The Hall–Kier alpha value is -1.08. The van der Waals surface area contributed by atoms with E-state index in [2.05, 4.69) is 35.7 Å². The normalized spacial score (nSPS) is 11.4. The molecular weight excluding hydrogens is 164 g/mol. The third-order valence-corrected chi connectivity index (χ3v) is 2.73. The number of thiophene rings is 1. The summed E-state index contributed by atoms with van der Waals surface area (Å²) in [6.07, 6.45) is 5.18. The fourth-order valence-corrected chi connectivity index (χ4v) is 2.18. The highest BCUT2D eigenvalue weighted by Crippen LogP contribution is 2.25. The molecule has 2 rings (SSSR count). The second kappa shape index (κ2) is 3.11. The summed E-state index contributed by atoms with van der Waals surface area (Å²) in [7, 11) is 0. The Morgan fingerprint density at radius 1 is 1.33 bits per heavy atom. The summed E-state index contributed by atoms with van der Waals surface area (Å²) in [5.74, 6) is 0. The van der Waals surface area contributed by atoms with E-state index >= 15 is 0 Å². The molecule has 1 aromatic heterocycles. The van der Waals surface area contributed by atoms with Crippen LogP contribution in [0.25, 0.3) is 10.8 Å². The van der Waals surface area contributed by atoms with Crippen molar-refractivity contribution in [3.8, 4) is 0 Å². The minimum absolute atomic E-state index is 1.23. The van der Waals surface area contributed by atoms with E-state index in [1.165, 1.54) is 15.6 Å². The summed E-state index contributed by atoms with van der Waals surface area (Å²) in [6.45, 7) is 1.99. The fourth-order valence-electron chi connectivity index (χ4n) is 1.24. The van der Waals surface area contributed by atoms with Crippen molar-refractivity contribution >= 4 is 22.1 Å². The van der Waals surface area contributed by atoms with E-state index in [1.807, 2.05) is 13.0 Å². The molecule has 0 aliphatic rings. The molecular formula is C11H9S. The van der Waals surface area contributed by atoms with E-state index in [4.69, 9.17) is 0 Å². The van der Waals surface area contributed by atoms with Crippen molar-refractivity contribution in [2.75, 3.05) is 0 Å². The molecule has 0 N–H and O–H groups in total. The van der Waals surface area contributed by atoms with Crippen molar-refractivity contribution in [2.24, 2.45) is 0 Å². The molecule has 1 radical (unpaired) electrons. The van der Waals surface area contributed by atoms with Crippen LogP contribution in [0.1, 0.15) is 11.8 Å². The Kier molecular flexibility index (Phi) is 1.96. The predicted molar refractivity (Wildman–Crippen MR) is 54.4 cm³/mol. The molecule has 0 amide bonds. The lowest BCUT2D eigenvalue weighted by Gasteiger charge is -1.88. The standard InChI is InChI=1S/C11H9S/c1-2-5-11-10-7-4-3-6-9(10)8-12-11/h2-4,6-8H,1H3. The zero-order chi connectivity index (χ0) is 8.39. The SMILES string of the molecule is C/C=[C]/c1scc2ccccc12. The van der Waals surface area contributed by atoms with Gasteiger partial charge in [-0.2, -0.15) is 0 Å². The highest BCUT2D eigenvalue weighted by molar-refractivity contribution is 7.11. The Balaban J connectivity index is 2.70. The monoisotopic (exact) mass is 173 g/mol. The van der Waals surface area contributed by atoms with Crippen LogP contribution in [0.3, 0.4) is 0 Å². The smallest absolute Gasteiger partial charge is 0.0424 e. The summed E-state index contributed by atoms with van der Waals surface area (Å²) >= 11 is 1.75. The van der Waals surface area contributed by atoms with Gasteiger partial charge in [0.05, 0.1) is 0 Å². The summed E-state index contributed by atoms with van der Waals surface area (Å²) in [4.78, 5) is 1.23. The van der Waals surface area contributed by atoms with Crippen molar-refractivity contribution in [3.05, 3.63) is 46.7 Å². The zero-order valence-corrected chi connectivity index (χ0v) is 7.69. The maximum Gasteiger partial charge on any atom is 0.0424 e. The number of hydrogen-bond donors (Lipinski definition) is 0. The van der Waals surface area contributed by atoms with Gasteiger partial charge in [0.25, 0.3) is 0 Å². The van der Waals surface area contributed by atoms with E-state index in [9.17, 15) is 0 Å². The Labute approximate surface area is 76.2 Å². The molecule has 0 atom stereocenters. The van der Waals surface area contributed by atoms with Crippen molar-refractivity contribution in [1.29, 1.82) is 0 Å². The number of allylic oxidation sites excluding steroid dienone is 1. The first kappa shape index (κ1) is 7.56. The van der Waals surface area contributed by atoms with E-state index < -0.39 is 0 Å². The lowest BCUT2D eigenvalue weighted by molar-refractivity contribution is 1.68. The van der Waals surface area contributed by atoms with E-state index in [0.717, 1.165) is 0 Å². The molecule has 1 aromatic carbocycles. The molecule has 1 heteroatoms. The quantitative estimate of drug-likeness (QED) is 0.617. The van der Waals surface area contributed by atoms with Gasteiger partial charge in [0.15, 0.2) is 0 Å². The van der Waals surface area contributed by atoms with Gasteiger partial charge in [0.1, 0.15) is 0 Å². The Bertz CT molecular complexity index is 410. The third-order valence-electron chi connectivity index (χ3n) is 1.78. The molecule has 0 unspecified atom stereocenters. The third kappa shape index (κ3) is 1.16. The molecule has 1 heterocycles. The minimum atomic E-state index is 1.23. The maximum absolute atomic E-state index is 3.22. The van der Waals surface area contributed by atoms with Crippen LogP contribution in [0.4, 0.5) is 0 Å². The van der Waals surface area contributed by atoms with Gasteiger partial charge in [0, 0.05) is 10.3 Å². The maximum atomic E-state index is 3.22. The lowest BCUT2D eigenvalue weighted by Crippen LogP contribution is -1.66. The molecule has 12 heavy (non-hydrogen) atoms. The molecule has 59 valence electrons. The molecule has 0 aliphatic carbocycles. The number of benzene rings is 1. The Morgan fingerprint density at radius 2 is 2.17 bits per heavy atom. The highest BCUT2D eigenvalue weighted by atomic mass is 32.1. The van der Waals surface area contributed by atoms with Crippen molar-refractivity contribution in [3.63, 3.8) is 0 Å². The van der Waals surface area contributed by atoms with E-state index in [-0.39, 0.29) is 0 Å². The molecule has 2 aromatic rings. The van der Waals surface area contributed by atoms with Gasteiger partial charge in [-0.05, 0) is 23.8 Å². The van der Waals surface area contributed by atoms with Crippen LogP contribution < -0.4 is 0 Å². The molecule has 0 bridgehead atoms. The molecule has 0 saturated heterocycles. The topological polar surface area (TPSA) is 0 Å². The van der Waals surface area contributed by atoms with E-state index in [0.29, 0.717) is 0 Å². The second-order valence-corrected chi connectivity index (χ2v) is 3.46. The summed E-state index contributed by atoms with van der Waals surface area (Å²) in [5, 5.41) is 4.79. The van der Waals surface area contributed by atoms with Crippen LogP contribution >= 0.6 is 11.3 Å². The van der Waals surface area contributed by atoms with Gasteiger partial charge < -0.3 is 0 Å². The lowest BCUT2D eigenvalue weighted by atomic mass is 10.2. The number of rotatable bonds is 1. The van der Waals surface area contributed by atoms with Gasteiger partial charge in [-0.15, -0.1) is 11.3 Å². The Morgan fingerprint density at radius 3 is 3.00 bits per heavy atom. The fraction of sp³-hybridized carbons (Fsp3) is 0.0909. The van der Waals surface area contributed by atoms with Crippen molar-refractivity contribution < 1.29 is 0 Å². The largest absolute Gasteiger partial charge is 0.143 e. The van der Waals surface area contributed by atoms with Gasteiger partial charge in [-0.25, -0.2) is 0 Å². The second-order valence-electron chi connectivity index (χ2n) is 2.59. The number of hydrogen-bond acceptors (Lipinski definition) is 1. The van der Waals surface area contributed by atoms with Crippen LogP contribution in [-0.2, 0) is 0 Å². The van der Waals surface area contributed by atoms with Gasteiger partial charge in [-0.3, -0.25) is 0 Å². The summed E-state index contributed by atoms with van der Waals surface area (Å²) in [5.41, 5.74) is 0. The highest BCUT2D eigenvalue weighted by Gasteiger charge is 1.98. The minimum Gasteiger partial charge on any atom is -0.143 e. The summed E-state index contributed by atoms with van der Waals surface area (Å²) < 4.78 is 0. The van der Waals surface area contributed by atoms with Gasteiger partial charge >= 0.3 is 0 Å². The first-order valence-electron chi connectivity index (χ1n) is 3.92. The average Bonchev–Trinajstić information content (AvgIpc) is 2.50. The molecule has 0 saturated carbocycles. The summed E-state index contributed by atoms with van der Waals surface area (Å²) in [6, 6.07) is 8.40. The first-order chi connectivity index (χ1) is 5.92. The van der Waals surface area contributed by atoms with Gasteiger partial charge in [0.2, 0.25) is 0 Å². The average molecular weight is 173 g/mol. The first-order valence-corrected chi connectivity index (χ1v) is 4.80. The van der Waals surface area contributed by atoms with Gasteiger partial charge in [-0.1, -0.05) is 30.3 Å². The van der Waals surface area contributed by atoms with Crippen molar-refractivity contribution in [1.82, 2.24) is 0 Å². The molecule has 0 nitrogen and oxygen atoms in total. The van der Waals surface area contributed by atoms with Crippen LogP contribution in [-0.4, -0.2) is 0 Å². The van der Waals surface area contributed by atoms with Crippen molar-refractivity contribution in [2.45, 2.75) is 6.92 Å². The van der Waals surface area contributed by atoms with Crippen LogP contribution in [0, 0.1) is 6.08 Å². The number of fused-ring (bicyclic) bond motifs is 1. The van der Waals surface area contributed by atoms with Crippen LogP contribution in [0.5, 0.6) is 0 Å². The zero-order valence-electron chi connectivity index (χ0n) is 6.87. The molecule has 0 fully saturated rings. The molecule has 0 aliphatic heterocycles. The van der Waals surface area contributed by atoms with E-state index in [1.54, 1.807) is 11.3 Å². The van der Waals surface area contributed by atoms with Crippen LogP contribution in [0.2, 0.25) is 0 Å². The molecule has 0 spiro atoms. The van der Waals surface area contributed by atoms with Crippen LogP contribution in [0.15, 0.2) is 35.7 Å².